The minimum absolute atomic E-state index is 0.327. The van der Waals surface area contributed by atoms with Gasteiger partial charge in [0, 0.05) is 18.8 Å². The summed E-state index contributed by atoms with van der Waals surface area (Å²) < 4.78 is 0. The van der Waals surface area contributed by atoms with Crippen molar-refractivity contribution in [2.24, 2.45) is 0 Å². The molecule has 1 aromatic heterocycles. The molecule has 2 nitrogen and oxygen atoms in total. The molecule has 0 amide bonds. The predicted molar refractivity (Wildman–Crippen MR) is 48.8 cm³/mol. The fourth-order valence-corrected chi connectivity index (χ4v) is 1.07. The van der Waals surface area contributed by atoms with E-state index in [0.717, 1.165) is 5.56 Å². The van der Waals surface area contributed by atoms with Crippen molar-refractivity contribution in [3.05, 3.63) is 42.7 Å². The van der Waals surface area contributed by atoms with Crippen LogP contribution in [0.4, 0.5) is 0 Å². The molecule has 1 rings (SSSR count). The van der Waals surface area contributed by atoms with Gasteiger partial charge in [-0.05, 0) is 18.1 Å². The van der Waals surface area contributed by atoms with Gasteiger partial charge in [-0.2, -0.15) is 0 Å². The highest BCUT2D eigenvalue weighted by atomic mass is 16.3. The van der Waals surface area contributed by atoms with Crippen LogP contribution in [0.25, 0.3) is 0 Å². The van der Waals surface area contributed by atoms with Gasteiger partial charge >= 0.3 is 0 Å². The maximum atomic E-state index is 9.40. The third kappa shape index (κ3) is 2.84. The monoisotopic (exact) mass is 163 g/mol. The van der Waals surface area contributed by atoms with Crippen LogP contribution in [-0.4, -0.2) is 16.2 Å². The van der Waals surface area contributed by atoms with E-state index in [1.807, 2.05) is 12.1 Å². The van der Waals surface area contributed by atoms with Crippen molar-refractivity contribution < 1.29 is 5.11 Å². The molecule has 0 bridgehead atoms. The van der Waals surface area contributed by atoms with Gasteiger partial charge in [0.25, 0.3) is 0 Å². The van der Waals surface area contributed by atoms with Gasteiger partial charge in [-0.1, -0.05) is 12.1 Å². The van der Waals surface area contributed by atoms with Crippen molar-refractivity contribution in [2.45, 2.75) is 18.9 Å². The lowest BCUT2D eigenvalue weighted by Gasteiger charge is -2.06. The van der Waals surface area contributed by atoms with E-state index in [0.29, 0.717) is 12.8 Å². The normalized spacial score (nSPS) is 12.4. The summed E-state index contributed by atoms with van der Waals surface area (Å²) in [5.41, 5.74) is 1.06. The summed E-state index contributed by atoms with van der Waals surface area (Å²) in [4.78, 5) is 3.96. The summed E-state index contributed by atoms with van der Waals surface area (Å²) in [7, 11) is 0. The molecule has 2 heteroatoms. The van der Waals surface area contributed by atoms with Crippen molar-refractivity contribution >= 4 is 0 Å². The maximum Gasteiger partial charge on any atom is 0.0615 e. The Kier molecular flexibility index (Phi) is 3.48. The summed E-state index contributed by atoms with van der Waals surface area (Å²) in [6.45, 7) is 3.57. The molecule has 64 valence electrons. The van der Waals surface area contributed by atoms with Gasteiger partial charge in [-0.15, -0.1) is 6.58 Å². The fourth-order valence-electron chi connectivity index (χ4n) is 1.07. The van der Waals surface area contributed by atoms with E-state index in [1.165, 1.54) is 0 Å². The summed E-state index contributed by atoms with van der Waals surface area (Å²) in [5.74, 6) is 0. The molecule has 1 atom stereocenters. The van der Waals surface area contributed by atoms with Crippen LogP contribution in [0, 0.1) is 0 Å². The van der Waals surface area contributed by atoms with Crippen LogP contribution in [-0.2, 0) is 6.42 Å². The highest BCUT2D eigenvalue weighted by Crippen LogP contribution is 2.03. The van der Waals surface area contributed by atoms with Gasteiger partial charge in [-0.3, -0.25) is 4.98 Å². The quantitative estimate of drug-likeness (QED) is 0.683. The lowest BCUT2D eigenvalue weighted by Crippen LogP contribution is -2.08. The van der Waals surface area contributed by atoms with E-state index in [4.69, 9.17) is 0 Å². The van der Waals surface area contributed by atoms with Crippen LogP contribution >= 0.6 is 0 Å². The molecule has 0 radical (unpaired) electrons. The molecule has 0 aliphatic heterocycles. The molecule has 1 heterocycles. The number of aromatic nitrogens is 1. The highest BCUT2D eigenvalue weighted by molar-refractivity contribution is 5.09. The number of nitrogens with zero attached hydrogens (tertiary/aromatic N) is 1. The summed E-state index contributed by atoms with van der Waals surface area (Å²) in [6, 6.07) is 3.83. The summed E-state index contributed by atoms with van der Waals surface area (Å²) >= 11 is 0. The Balaban J connectivity index is 2.46. The molecule has 0 fully saturated rings. The molecule has 0 spiro atoms. The molecule has 12 heavy (non-hydrogen) atoms. The SMILES string of the molecule is C=CC[C@H](O)Cc1cccnc1. The average Bonchev–Trinajstić information content (AvgIpc) is 2.06. The Bertz CT molecular complexity index is 233. The van der Waals surface area contributed by atoms with E-state index in [1.54, 1.807) is 18.5 Å². The van der Waals surface area contributed by atoms with E-state index < -0.39 is 0 Å². The van der Waals surface area contributed by atoms with E-state index in [9.17, 15) is 5.11 Å². The van der Waals surface area contributed by atoms with Crippen LogP contribution in [0.3, 0.4) is 0 Å². The highest BCUT2D eigenvalue weighted by Gasteiger charge is 2.02. The lowest BCUT2D eigenvalue weighted by atomic mass is 10.1. The van der Waals surface area contributed by atoms with Crippen molar-refractivity contribution in [1.29, 1.82) is 0 Å². The van der Waals surface area contributed by atoms with Crippen LogP contribution in [0.1, 0.15) is 12.0 Å². The van der Waals surface area contributed by atoms with Crippen LogP contribution in [0.2, 0.25) is 0 Å². The first-order chi connectivity index (χ1) is 5.83. The van der Waals surface area contributed by atoms with Gasteiger partial charge in [-0.25, -0.2) is 0 Å². The summed E-state index contributed by atoms with van der Waals surface area (Å²) in [5, 5.41) is 9.40. The lowest BCUT2D eigenvalue weighted by molar-refractivity contribution is 0.178. The molecule has 1 aromatic rings. The molecule has 0 aliphatic carbocycles. The molecular formula is C10H13NO. The van der Waals surface area contributed by atoms with E-state index in [-0.39, 0.29) is 6.10 Å². The maximum absolute atomic E-state index is 9.40. The average molecular weight is 163 g/mol. The number of hydrogen-bond acceptors (Lipinski definition) is 2. The Morgan fingerprint density at radius 2 is 2.50 bits per heavy atom. The second-order valence-corrected chi connectivity index (χ2v) is 2.74. The van der Waals surface area contributed by atoms with Crippen molar-refractivity contribution in [1.82, 2.24) is 4.98 Å². The number of pyridine rings is 1. The fraction of sp³-hybridized carbons (Fsp3) is 0.300. The number of aliphatic hydroxyl groups excluding tert-OH is 1. The molecule has 1 N–H and O–H groups in total. The predicted octanol–water partition coefficient (Wildman–Crippen LogP) is 1.56. The Morgan fingerprint density at radius 1 is 1.67 bits per heavy atom. The Labute approximate surface area is 72.6 Å². The number of rotatable bonds is 4. The molecular weight excluding hydrogens is 150 g/mol. The third-order valence-corrected chi connectivity index (χ3v) is 1.63. The minimum atomic E-state index is -0.327. The van der Waals surface area contributed by atoms with Gasteiger partial charge in [0.05, 0.1) is 6.10 Å². The van der Waals surface area contributed by atoms with Crippen LogP contribution in [0.5, 0.6) is 0 Å². The van der Waals surface area contributed by atoms with E-state index in [2.05, 4.69) is 11.6 Å². The first-order valence-corrected chi connectivity index (χ1v) is 4.01. The molecule has 0 unspecified atom stereocenters. The zero-order valence-corrected chi connectivity index (χ0v) is 6.98. The smallest absolute Gasteiger partial charge is 0.0615 e. The van der Waals surface area contributed by atoms with Gasteiger partial charge in [0.1, 0.15) is 0 Å². The van der Waals surface area contributed by atoms with E-state index >= 15 is 0 Å². The molecule has 0 aromatic carbocycles. The zero-order valence-electron chi connectivity index (χ0n) is 6.98. The topological polar surface area (TPSA) is 33.1 Å². The minimum Gasteiger partial charge on any atom is -0.392 e. The largest absolute Gasteiger partial charge is 0.392 e. The van der Waals surface area contributed by atoms with Gasteiger partial charge < -0.3 is 5.11 Å². The first kappa shape index (κ1) is 8.94. The van der Waals surface area contributed by atoms with Gasteiger partial charge in [0.2, 0.25) is 0 Å². The number of hydrogen-bond donors (Lipinski definition) is 1. The van der Waals surface area contributed by atoms with Gasteiger partial charge in [0.15, 0.2) is 0 Å². The first-order valence-electron chi connectivity index (χ1n) is 4.01. The second kappa shape index (κ2) is 4.67. The summed E-state index contributed by atoms with van der Waals surface area (Å²) in [6.07, 6.45) is 6.18. The third-order valence-electron chi connectivity index (χ3n) is 1.63. The Morgan fingerprint density at radius 3 is 3.08 bits per heavy atom. The van der Waals surface area contributed by atoms with Crippen molar-refractivity contribution in [3.8, 4) is 0 Å². The Hall–Kier alpha value is -1.15. The molecule has 0 saturated carbocycles. The second-order valence-electron chi connectivity index (χ2n) is 2.74. The number of aliphatic hydroxyl groups is 1. The van der Waals surface area contributed by atoms with Crippen LogP contribution < -0.4 is 0 Å². The van der Waals surface area contributed by atoms with Crippen molar-refractivity contribution in [3.63, 3.8) is 0 Å². The molecule has 0 aliphatic rings. The van der Waals surface area contributed by atoms with Crippen LogP contribution in [0.15, 0.2) is 37.2 Å². The molecule has 0 saturated heterocycles. The zero-order chi connectivity index (χ0) is 8.81. The standard InChI is InChI=1S/C10H13NO/c1-2-4-10(12)7-9-5-3-6-11-8-9/h2-3,5-6,8,10,12H,1,4,7H2/t10-/m0/s1. The van der Waals surface area contributed by atoms with Crippen molar-refractivity contribution in [2.75, 3.05) is 0 Å².